The van der Waals surface area contributed by atoms with Gasteiger partial charge in [0.2, 0.25) is 0 Å². The van der Waals surface area contributed by atoms with Crippen molar-refractivity contribution in [2.45, 2.75) is 12.6 Å². The van der Waals surface area contributed by atoms with E-state index >= 15 is 0 Å². The molecule has 1 N–H and O–H groups in total. The summed E-state index contributed by atoms with van der Waals surface area (Å²) in [5.74, 6) is -1.01. The zero-order chi connectivity index (χ0) is 20.0. The lowest BCUT2D eigenvalue weighted by Gasteiger charge is -2.12. The fourth-order valence-electron chi connectivity index (χ4n) is 2.19. The lowest BCUT2D eigenvalue weighted by Crippen LogP contribution is -2.22. The molecule has 0 unspecified atom stereocenters. The van der Waals surface area contributed by atoms with Gasteiger partial charge in [-0.1, -0.05) is 29.8 Å². The van der Waals surface area contributed by atoms with Crippen molar-refractivity contribution >= 4 is 29.2 Å². The largest absolute Gasteiger partial charge is 0.496 e. The maximum absolute atomic E-state index is 12.7. The second kappa shape index (κ2) is 8.77. The first-order valence-corrected chi connectivity index (χ1v) is 8.02. The second-order valence-corrected chi connectivity index (χ2v) is 5.80. The average Bonchev–Trinajstić information content (AvgIpc) is 2.61. The quantitative estimate of drug-likeness (QED) is 0.740. The molecule has 0 aromatic heterocycles. The number of benzene rings is 2. The lowest BCUT2D eigenvalue weighted by atomic mass is 10.1. The molecule has 0 radical (unpaired) electrons. The van der Waals surface area contributed by atoms with Gasteiger partial charge in [0.25, 0.3) is 5.91 Å². The van der Waals surface area contributed by atoms with Gasteiger partial charge in [-0.25, -0.2) is 0 Å². The van der Waals surface area contributed by atoms with E-state index in [1.807, 2.05) is 0 Å². The summed E-state index contributed by atoms with van der Waals surface area (Å²) in [5, 5.41) is 2.12. The standard InChI is InChI=1S/C18H15ClF3NO4/c1-26-15-5-3-2-4-11(15)8-17(25)27-10-16(24)23-14-9-12(18(20,21)22)6-7-13(14)19/h2-7,9H,8,10H2,1H3,(H,23,24). The third-order valence-electron chi connectivity index (χ3n) is 3.46. The number of alkyl halides is 3. The van der Waals surface area contributed by atoms with E-state index < -0.39 is 30.2 Å². The number of halogens is 4. The Balaban J connectivity index is 1.94. The molecule has 0 fully saturated rings. The molecule has 0 saturated heterocycles. The highest BCUT2D eigenvalue weighted by molar-refractivity contribution is 6.33. The first kappa shape index (κ1) is 20.6. The summed E-state index contributed by atoms with van der Waals surface area (Å²) in [6.45, 7) is -0.666. The summed E-state index contributed by atoms with van der Waals surface area (Å²) in [7, 11) is 1.45. The van der Waals surface area contributed by atoms with E-state index in [1.165, 1.54) is 7.11 Å². The molecule has 0 saturated carbocycles. The summed E-state index contributed by atoms with van der Waals surface area (Å²) in [5.41, 5.74) is -0.612. The van der Waals surface area contributed by atoms with Crippen LogP contribution < -0.4 is 10.1 Å². The zero-order valence-electron chi connectivity index (χ0n) is 14.1. The first-order chi connectivity index (χ1) is 12.7. The average molecular weight is 402 g/mol. The van der Waals surface area contributed by atoms with Gasteiger partial charge in [-0.2, -0.15) is 13.2 Å². The Bertz CT molecular complexity index is 840. The van der Waals surface area contributed by atoms with Crippen LogP contribution >= 0.6 is 11.6 Å². The van der Waals surface area contributed by atoms with E-state index in [4.69, 9.17) is 21.1 Å². The van der Waals surface area contributed by atoms with Crippen molar-refractivity contribution in [2.24, 2.45) is 0 Å². The molecule has 0 aliphatic heterocycles. The summed E-state index contributed by atoms with van der Waals surface area (Å²) in [6, 6.07) is 9.32. The molecule has 144 valence electrons. The van der Waals surface area contributed by atoms with Crippen LogP contribution in [0.4, 0.5) is 18.9 Å². The van der Waals surface area contributed by atoms with Gasteiger partial charge < -0.3 is 14.8 Å². The van der Waals surface area contributed by atoms with Crippen LogP contribution in [0.25, 0.3) is 0 Å². The number of anilines is 1. The number of esters is 1. The molecule has 2 aromatic carbocycles. The number of carbonyl (C=O) groups is 2. The summed E-state index contributed by atoms with van der Waals surface area (Å²) in [6.07, 6.45) is -4.70. The molecule has 0 atom stereocenters. The number of rotatable bonds is 6. The summed E-state index contributed by atoms with van der Waals surface area (Å²) < 4.78 is 48.1. The minimum Gasteiger partial charge on any atom is -0.496 e. The number of amides is 1. The van der Waals surface area contributed by atoms with Crippen LogP contribution in [0, 0.1) is 0 Å². The minimum absolute atomic E-state index is 0.0725. The van der Waals surface area contributed by atoms with E-state index in [0.717, 1.165) is 12.1 Å². The van der Waals surface area contributed by atoms with Crippen LogP contribution in [0.2, 0.25) is 5.02 Å². The van der Waals surface area contributed by atoms with Crippen molar-refractivity contribution in [3.05, 3.63) is 58.6 Å². The third kappa shape index (κ3) is 5.89. The fraction of sp³-hybridized carbons (Fsp3) is 0.222. The van der Waals surface area contributed by atoms with Crippen molar-refractivity contribution in [3.8, 4) is 5.75 Å². The van der Waals surface area contributed by atoms with Crippen LogP contribution in [0.3, 0.4) is 0 Å². The van der Waals surface area contributed by atoms with Crippen molar-refractivity contribution in [3.63, 3.8) is 0 Å². The predicted molar refractivity (Wildman–Crippen MR) is 92.7 cm³/mol. The van der Waals surface area contributed by atoms with Gasteiger partial charge in [0.05, 0.1) is 29.8 Å². The van der Waals surface area contributed by atoms with Gasteiger partial charge >= 0.3 is 12.1 Å². The number of para-hydroxylation sites is 1. The molecule has 0 spiro atoms. The van der Waals surface area contributed by atoms with Crippen molar-refractivity contribution < 1.29 is 32.2 Å². The van der Waals surface area contributed by atoms with Crippen LogP contribution in [0.15, 0.2) is 42.5 Å². The second-order valence-electron chi connectivity index (χ2n) is 5.39. The maximum Gasteiger partial charge on any atom is 0.416 e. The Morgan fingerprint density at radius 3 is 2.52 bits per heavy atom. The highest BCUT2D eigenvalue weighted by atomic mass is 35.5. The number of hydrogen-bond acceptors (Lipinski definition) is 4. The Labute approximate surface area is 158 Å². The van der Waals surface area contributed by atoms with Gasteiger partial charge in [-0.15, -0.1) is 0 Å². The Morgan fingerprint density at radius 2 is 1.85 bits per heavy atom. The van der Waals surface area contributed by atoms with E-state index in [2.05, 4.69) is 5.32 Å². The molecular formula is C18H15ClF3NO4. The smallest absolute Gasteiger partial charge is 0.416 e. The minimum atomic E-state index is -4.58. The van der Waals surface area contributed by atoms with E-state index in [0.29, 0.717) is 17.4 Å². The van der Waals surface area contributed by atoms with Crippen molar-refractivity contribution in [1.29, 1.82) is 0 Å². The number of hydrogen-bond donors (Lipinski definition) is 1. The lowest BCUT2D eigenvalue weighted by molar-refractivity contribution is -0.146. The van der Waals surface area contributed by atoms with Crippen molar-refractivity contribution in [2.75, 3.05) is 19.0 Å². The maximum atomic E-state index is 12.7. The number of carbonyl (C=O) groups excluding carboxylic acids is 2. The number of nitrogens with one attached hydrogen (secondary N) is 1. The molecule has 0 heterocycles. The van der Waals surface area contributed by atoms with Gasteiger partial charge in [-0.3, -0.25) is 9.59 Å². The number of ether oxygens (including phenoxy) is 2. The molecule has 0 bridgehead atoms. The van der Waals surface area contributed by atoms with Crippen molar-refractivity contribution in [1.82, 2.24) is 0 Å². The number of methoxy groups -OCH3 is 1. The summed E-state index contributed by atoms with van der Waals surface area (Å²) >= 11 is 5.79. The normalized spacial score (nSPS) is 11.0. The highest BCUT2D eigenvalue weighted by Gasteiger charge is 2.31. The SMILES string of the molecule is COc1ccccc1CC(=O)OCC(=O)Nc1cc(C(F)(F)F)ccc1Cl. The Hall–Kier alpha value is -2.74. The zero-order valence-corrected chi connectivity index (χ0v) is 14.9. The molecule has 5 nitrogen and oxygen atoms in total. The molecule has 2 aromatic rings. The van der Waals surface area contributed by atoms with Crippen LogP contribution in [-0.4, -0.2) is 25.6 Å². The Kier molecular flexibility index (Phi) is 6.68. The van der Waals surface area contributed by atoms with E-state index in [-0.39, 0.29) is 17.1 Å². The van der Waals surface area contributed by atoms with Gasteiger partial charge in [0.1, 0.15) is 5.75 Å². The van der Waals surface area contributed by atoms with Crippen LogP contribution in [0.1, 0.15) is 11.1 Å². The molecule has 0 aliphatic rings. The molecule has 0 aliphatic carbocycles. The van der Waals surface area contributed by atoms with Crippen LogP contribution in [0.5, 0.6) is 5.75 Å². The summed E-state index contributed by atoms with van der Waals surface area (Å²) in [4.78, 5) is 23.7. The van der Waals surface area contributed by atoms with E-state index in [1.54, 1.807) is 24.3 Å². The van der Waals surface area contributed by atoms with Gasteiger partial charge in [0, 0.05) is 5.56 Å². The highest BCUT2D eigenvalue weighted by Crippen LogP contribution is 2.33. The van der Waals surface area contributed by atoms with E-state index in [9.17, 15) is 22.8 Å². The molecule has 27 heavy (non-hydrogen) atoms. The Morgan fingerprint density at radius 1 is 1.15 bits per heavy atom. The first-order valence-electron chi connectivity index (χ1n) is 7.65. The third-order valence-corrected chi connectivity index (χ3v) is 3.79. The molecule has 1 amide bonds. The monoisotopic (exact) mass is 401 g/mol. The fourth-order valence-corrected chi connectivity index (χ4v) is 2.35. The molecular weight excluding hydrogens is 387 g/mol. The van der Waals surface area contributed by atoms with Crippen LogP contribution in [-0.2, 0) is 26.9 Å². The van der Waals surface area contributed by atoms with Gasteiger partial charge in [-0.05, 0) is 24.3 Å². The molecule has 2 rings (SSSR count). The predicted octanol–water partition coefficient (Wildman–Crippen LogP) is 4.09. The van der Waals surface area contributed by atoms with Gasteiger partial charge in [0.15, 0.2) is 6.61 Å². The molecule has 9 heteroatoms. The topological polar surface area (TPSA) is 64.6 Å².